The molecule has 0 aliphatic carbocycles. The Hall–Kier alpha value is -1.83. The lowest BCUT2D eigenvalue weighted by molar-refractivity contribution is -0.121. The average Bonchev–Trinajstić information content (AvgIpc) is 2.88. The quantitative estimate of drug-likeness (QED) is 0.480. The van der Waals surface area contributed by atoms with E-state index in [-0.39, 0.29) is 5.91 Å². The maximum absolute atomic E-state index is 12.2. The molecule has 26 heavy (non-hydrogen) atoms. The molecular weight excluding hydrogens is 434 g/mol. The molecule has 0 atom stereocenters. The Morgan fingerprint density at radius 3 is 2.62 bits per heavy atom. The van der Waals surface area contributed by atoms with E-state index >= 15 is 0 Å². The number of methoxy groups -OCH3 is 1. The Balaban J connectivity index is 1.86. The maximum Gasteiger partial charge on any atom is 0.265 e. The van der Waals surface area contributed by atoms with Gasteiger partial charge in [-0.15, -0.1) is 0 Å². The molecule has 1 heterocycles. The van der Waals surface area contributed by atoms with Gasteiger partial charge < -0.3 is 9.47 Å². The zero-order valence-electron chi connectivity index (χ0n) is 14.2. The summed E-state index contributed by atoms with van der Waals surface area (Å²) in [6, 6.07) is 13.6. The first-order chi connectivity index (χ1) is 12.5. The lowest BCUT2D eigenvalue weighted by atomic mass is 10.1. The van der Waals surface area contributed by atoms with Crippen molar-refractivity contribution in [3.8, 4) is 11.5 Å². The minimum Gasteiger partial charge on any atom is -0.493 e. The normalized spacial score (nSPS) is 15.7. The van der Waals surface area contributed by atoms with Gasteiger partial charge in [-0.25, -0.2) is 0 Å². The first-order valence-electron chi connectivity index (χ1n) is 7.75. The van der Waals surface area contributed by atoms with E-state index in [1.807, 2.05) is 42.5 Å². The van der Waals surface area contributed by atoms with Crippen LogP contribution in [0.15, 0.2) is 51.8 Å². The molecule has 1 aliphatic rings. The minimum atomic E-state index is -0.0977. The van der Waals surface area contributed by atoms with Crippen LogP contribution in [0.2, 0.25) is 0 Å². The highest BCUT2D eigenvalue weighted by Gasteiger charge is 2.28. The smallest absolute Gasteiger partial charge is 0.265 e. The highest BCUT2D eigenvalue weighted by atomic mass is 79.9. The van der Waals surface area contributed by atoms with Crippen molar-refractivity contribution in [2.75, 3.05) is 14.2 Å². The molecule has 0 radical (unpaired) electrons. The average molecular weight is 450 g/mol. The van der Waals surface area contributed by atoms with Gasteiger partial charge in [-0.3, -0.25) is 9.69 Å². The van der Waals surface area contributed by atoms with E-state index in [4.69, 9.17) is 21.7 Å². The van der Waals surface area contributed by atoms with E-state index in [1.54, 1.807) is 20.2 Å². The van der Waals surface area contributed by atoms with Crippen LogP contribution in [0.5, 0.6) is 11.5 Å². The van der Waals surface area contributed by atoms with Gasteiger partial charge in [0.15, 0.2) is 11.5 Å². The van der Waals surface area contributed by atoms with Gasteiger partial charge in [-0.05, 0) is 45.3 Å². The minimum absolute atomic E-state index is 0.0977. The molecule has 134 valence electrons. The number of hydrogen-bond acceptors (Lipinski definition) is 5. The van der Waals surface area contributed by atoms with Gasteiger partial charge in [0.2, 0.25) is 0 Å². The highest BCUT2D eigenvalue weighted by Crippen LogP contribution is 2.39. The Morgan fingerprint density at radius 1 is 1.27 bits per heavy atom. The number of carbonyl (C=O) groups excluding carboxylic acids is 1. The van der Waals surface area contributed by atoms with Crippen LogP contribution in [0.25, 0.3) is 6.08 Å². The number of halogens is 1. The van der Waals surface area contributed by atoms with Crippen LogP contribution < -0.4 is 9.47 Å². The Morgan fingerprint density at radius 2 is 2.00 bits per heavy atom. The van der Waals surface area contributed by atoms with Crippen LogP contribution >= 0.6 is 39.9 Å². The summed E-state index contributed by atoms with van der Waals surface area (Å²) in [6.07, 6.45) is 1.80. The van der Waals surface area contributed by atoms with Gasteiger partial charge in [0.25, 0.3) is 5.91 Å². The molecule has 2 aromatic carbocycles. The third-order valence-electron chi connectivity index (χ3n) is 3.76. The molecule has 1 saturated heterocycles. The fraction of sp³-hybridized carbons (Fsp3) is 0.158. The number of amides is 1. The summed E-state index contributed by atoms with van der Waals surface area (Å²) in [4.78, 5) is 14.2. The van der Waals surface area contributed by atoms with Crippen molar-refractivity contribution in [1.29, 1.82) is 0 Å². The topological polar surface area (TPSA) is 38.8 Å². The number of likely N-dealkylation sites (N-methyl/N-ethyl adjacent to an activating group) is 1. The number of nitrogens with zero attached hydrogens (tertiary/aromatic N) is 1. The summed E-state index contributed by atoms with van der Waals surface area (Å²) in [5.74, 6) is 1.12. The number of thioether (sulfide) groups is 1. The molecular formula is C19H16BrNO3S2. The second-order valence-electron chi connectivity index (χ2n) is 5.55. The van der Waals surface area contributed by atoms with Crippen molar-refractivity contribution in [3.63, 3.8) is 0 Å². The van der Waals surface area contributed by atoms with Gasteiger partial charge in [0, 0.05) is 7.05 Å². The number of carbonyl (C=O) groups is 1. The van der Waals surface area contributed by atoms with Crippen molar-refractivity contribution in [2.45, 2.75) is 6.61 Å². The fourth-order valence-corrected chi connectivity index (χ4v) is 4.14. The van der Waals surface area contributed by atoms with Gasteiger partial charge in [0.05, 0.1) is 16.5 Å². The van der Waals surface area contributed by atoms with E-state index in [0.717, 1.165) is 15.6 Å². The van der Waals surface area contributed by atoms with Crippen LogP contribution in [0.4, 0.5) is 0 Å². The van der Waals surface area contributed by atoms with Crippen LogP contribution in [0, 0.1) is 0 Å². The summed E-state index contributed by atoms with van der Waals surface area (Å²) in [5.41, 5.74) is 1.90. The summed E-state index contributed by atoms with van der Waals surface area (Å²) >= 11 is 9.99. The molecule has 2 aromatic rings. The molecule has 0 N–H and O–H groups in total. The third kappa shape index (κ3) is 4.11. The van der Waals surface area contributed by atoms with E-state index in [9.17, 15) is 4.79 Å². The number of hydrogen-bond donors (Lipinski definition) is 0. The van der Waals surface area contributed by atoms with Gasteiger partial charge >= 0.3 is 0 Å². The Kier molecular flexibility index (Phi) is 6.01. The second kappa shape index (κ2) is 8.24. The van der Waals surface area contributed by atoms with Crippen LogP contribution in [0.1, 0.15) is 11.1 Å². The molecule has 7 heteroatoms. The first-order valence-corrected chi connectivity index (χ1v) is 9.77. The molecule has 0 aromatic heterocycles. The number of benzene rings is 2. The van der Waals surface area contributed by atoms with Crippen molar-refractivity contribution in [2.24, 2.45) is 0 Å². The first kappa shape index (κ1) is 18.9. The highest BCUT2D eigenvalue weighted by molar-refractivity contribution is 9.10. The van der Waals surface area contributed by atoms with Crippen LogP contribution in [-0.2, 0) is 11.4 Å². The Bertz CT molecular complexity index is 884. The third-order valence-corrected chi connectivity index (χ3v) is 5.84. The zero-order chi connectivity index (χ0) is 18.7. The van der Waals surface area contributed by atoms with Crippen molar-refractivity contribution in [1.82, 2.24) is 4.90 Å². The van der Waals surface area contributed by atoms with Crippen molar-refractivity contribution in [3.05, 3.63) is 63.0 Å². The van der Waals surface area contributed by atoms with Gasteiger partial charge in [-0.1, -0.05) is 54.3 Å². The molecule has 3 rings (SSSR count). The molecule has 4 nitrogen and oxygen atoms in total. The SMILES string of the molecule is COc1cc(/C=C2\SC(=S)N(C)C2=O)cc(Br)c1OCc1ccccc1. The van der Waals surface area contributed by atoms with Gasteiger partial charge in [-0.2, -0.15) is 0 Å². The van der Waals surface area contributed by atoms with Gasteiger partial charge in [0.1, 0.15) is 10.9 Å². The number of rotatable bonds is 5. The maximum atomic E-state index is 12.2. The molecule has 1 aliphatic heterocycles. The summed E-state index contributed by atoms with van der Waals surface area (Å²) in [7, 11) is 3.27. The lowest BCUT2D eigenvalue weighted by Crippen LogP contribution is -2.22. The zero-order valence-corrected chi connectivity index (χ0v) is 17.4. The summed E-state index contributed by atoms with van der Waals surface area (Å²) in [6.45, 7) is 0.434. The predicted molar refractivity (Wildman–Crippen MR) is 112 cm³/mol. The fourth-order valence-electron chi connectivity index (χ4n) is 2.39. The molecule has 0 saturated carbocycles. The Labute approximate surface area is 170 Å². The van der Waals surface area contributed by atoms with Crippen molar-refractivity contribution < 1.29 is 14.3 Å². The molecule has 0 spiro atoms. The predicted octanol–water partition coefficient (Wildman–Crippen LogP) is 4.87. The number of ether oxygens (including phenoxy) is 2. The van der Waals surface area contributed by atoms with E-state index in [2.05, 4.69) is 15.9 Å². The molecule has 1 amide bonds. The van der Waals surface area contributed by atoms with Crippen LogP contribution in [0.3, 0.4) is 0 Å². The van der Waals surface area contributed by atoms with Crippen LogP contribution in [-0.4, -0.2) is 29.3 Å². The summed E-state index contributed by atoms with van der Waals surface area (Å²) < 4.78 is 12.7. The van der Waals surface area contributed by atoms with E-state index in [0.29, 0.717) is 27.3 Å². The number of thiocarbonyl (C=S) groups is 1. The largest absolute Gasteiger partial charge is 0.493 e. The van der Waals surface area contributed by atoms with E-state index < -0.39 is 0 Å². The standard InChI is InChI=1S/C19H16BrNO3S2/c1-21-18(22)16(26-19(21)25)10-13-8-14(20)17(15(9-13)23-2)24-11-12-6-4-3-5-7-12/h3-10H,11H2,1-2H3/b16-10-. The molecule has 0 unspecified atom stereocenters. The molecule has 1 fully saturated rings. The van der Waals surface area contributed by atoms with E-state index in [1.165, 1.54) is 16.7 Å². The molecule has 0 bridgehead atoms. The van der Waals surface area contributed by atoms with Crippen molar-refractivity contribution >= 4 is 56.2 Å². The monoisotopic (exact) mass is 449 g/mol. The second-order valence-corrected chi connectivity index (χ2v) is 8.08. The summed E-state index contributed by atoms with van der Waals surface area (Å²) in [5, 5.41) is 0. The lowest BCUT2D eigenvalue weighted by Gasteiger charge is -2.14.